The molecule has 0 unspecified atom stereocenters. The zero-order valence-electron chi connectivity index (χ0n) is 30.5. The summed E-state index contributed by atoms with van der Waals surface area (Å²) in [6, 6.07) is 65.4. The lowest BCUT2D eigenvalue weighted by atomic mass is 10.1. The van der Waals surface area contributed by atoms with E-state index in [-0.39, 0.29) is 0 Å². The number of hydrogen-bond donors (Lipinski definition) is 0. The van der Waals surface area contributed by atoms with Crippen molar-refractivity contribution in [3.8, 4) is 45.5 Å². The Morgan fingerprint density at radius 1 is 0.351 bits per heavy atom. The Balaban J connectivity index is 1.19. The van der Waals surface area contributed by atoms with Crippen LogP contribution in [0.25, 0.3) is 111 Å². The van der Waals surface area contributed by atoms with E-state index >= 15 is 0 Å². The van der Waals surface area contributed by atoms with Gasteiger partial charge in [0.1, 0.15) is 5.58 Å². The number of furan rings is 1. The molecule has 0 saturated carbocycles. The molecule has 8 aromatic carbocycles. The molecular weight excluding hydrogens is 699 g/mol. The molecule has 0 N–H and O–H groups in total. The maximum Gasteiger partial charge on any atom is 0.164 e. The SMILES string of the molecule is c1ccc(-c2nc(-c3ccccc3)nc(-c3cccc(-n4c5ccc6c7ccccc7n(-c7ccccc7)c6c5c5ccc6c7ccccc7oc6c54)c3)n2)cc1. The first-order valence-corrected chi connectivity index (χ1v) is 19.1. The van der Waals surface area contributed by atoms with Crippen LogP contribution < -0.4 is 0 Å². The third-order valence-corrected chi connectivity index (χ3v) is 11.1. The monoisotopic (exact) mass is 729 g/mol. The summed E-state index contributed by atoms with van der Waals surface area (Å²) in [7, 11) is 0. The van der Waals surface area contributed by atoms with Crippen molar-refractivity contribution in [2.45, 2.75) is 0 Å². The van der Waals surface area contributed by atoms with Crippen molar-refractivity contribution in [3.63, 3.8) is 0 Å². The molecule has 0 aliphatic heterocycles. The normalized spacial score (nSPS) is 11.9. The van der Waals surface area contributed by atoms with E-state index in [1.54, 1.807) is 0 Å². The smallest absolute Gasteiger partial charge is 0.164 e. The molecule has 4 aromatic heterocycles. The van der Waals surface area contributed by atoms with Crippen molar-refractivity contribution < 1.29 is 4.42 Å². The fourth-order valence-electron chi connectivity index (χ4n) is 8.65. The minimum Gasteiger partial charge on any atom is -0.454 e. The summed E-state index contributed by atoms with van der Waals surface area (Å²) in [6.45, 7) is 0. The molecule has 0 atom stereocenters. The average Bonchev–Trinajstić information content (AvgIpc) is 3.95. The van der Waals surface area contributed by atoms with Crippen molar-refractivity contribution in [2.24, 2.45) is 0 Å². The Labute approximate surface area is 326 Å². The summed E-state index contributed by atoms with van der Waals surface area (Å²) >= 11 is 0. The van der Waals surface area contributed by atoms with Crippen molar-refractivity contribution in [2.75, 3.05) is 0 Å². The van der Waals surface area contributed by atoms with E-state index in [9.17, 15) is 0 Å². The van der Waals surface area contributed by atoms with Crippen LogP contribution in [0.2, 0.25) is 0 Å². The van der Waals surface area contributed by atoms with Gasteiger partial charge in [-0.2, -0.15) is 0 Å². The minimum atomic E-state index is 0.603. The van der Waals surface area contributed by atoms with Gasteiger partial charge in [0.25, 0.3) is 0 Å². The highest BCUT2D eigenvalue weighted by Gasteiger charge is 2.24. The van der Waals surface area contributed by atoms with Crippen LogP contribution in [0.4, 0.5) is 0 Å². The Morgan fingerprint density at radius 3 is 1.63 bits per heavy atom. The third kappa shape index (κ3) is 4.81. The molecule has 0 spiro atoms. The van der Waals surface area contributed by atoms with Gasteiger partial charge < -0.3 is 13.6 Å². The van der Waals surface area contributed by atoms with E-state index in [1.807, 2.05) is 66.7 Å². The summed E-state index contributed by atoms with van der Waals surface area (Å²) < 4.78 is 11.6. The van der Waals surface area contributed by atoms with Crippen LogP contribution in [-0.2, 0) is 0 Å². The van der Waals surface area contributed by atoms with Gasteiger partial charge in [-0.15, -0.1) is 0 Å². The molecule has 12 aromatic rings. The van der Waals surface area contributed by atoms with Crippen LogP contribution in [0.5, 0.6) is 0 Å². The Hall–Kier alpha value is -7.83. The second-order valence-corrected chi connectivity index (χ2v) is 14.4. The number of aromatic nitrogens is 5. The molecule has 0 amide bonds. The number of nitrogens with zero attached hydrogens (tertiary/aromatic N) is 5. The van der Waals surface area contributed by atoms with Crippen LogP contribution in [0.3, 0.4) is 0 Å². The number of benzene rings is 8. The van der Waals surface area contributed by atoms with Gasteiger partial charge in [0.05, 0.1) is 22.1 Å². The van der Waals surface area contributed by atoms with E-state index in [4.69, 9.17) is 19.4 Å². The topological polar surface area (TPSA) is 61.7 Å². The Morgan fingerprint density at radius 2 is 0.895 bits per heavy atom. The predicted octanol–water partition coefficient (Wildman–Crippen LogP) is 13.0. The quantitative estimate of drug-likeness (QED) is 0.177. The maximum atomic E-state index is 6.83. The van der Waals surface area contributed by atoms with Gasteiger partial charge in [-0.05, 0) is 48.5 Å². The summed E-state index contributed by atoms with van der Waals surface area (Å²) in [5, 5.41) is 6.86. The van der Waals surface area contributed by atoms with Crippen LogP contribution in [0.1, 0.15) is 0 Å². The number of fused-ring (bicyclic) bond motifs is 11. The first-order valence-electron chi connectivity index (χ1n) is 19.1. The average molecular weight is 730 g/mol. The summed E-state index contributed by atoms with van der Waals surface area (Å²) in [6.07, 6.45) is 0. The number of hydrogen-bond acceptors (Lipinski definition) is 4. The van der Waals surface area contributed by atoms with Crippen LogP contribution in [-0.4, -0.2) is 24.1 Å². The first-order chi connectivity index (χ1) is 28.3. The lowest BCUT2D eigenvalue weighted by Crippen LogP contribution is -2.01. The van der Waals surface area contributed by atoms with E-state index in [2.05, 4.69) is 130 Å². The highest BCUT2D eigenvalue weighted by Crippen LogP contribution is 2.45. The second kappa shape index (κ2) is 12.3. The number of para-hydroxylation sites is 3. The summed E-state index contributed by atoms with van der Waals surface area (Å²) in [4.78, 5) is 15.1. The van der Waals surface area contributed by atoms with Crippen LogP contribution >= 0.6 is 0 Å². The standard InChI is InChI=1S/C51H31N5O/c1-4-15-32(16-5-1)49-52-50(33-17-6-2-7-18-33)54-51(53-49)34-19-14-22-36(31-34)56-43-30-29-39-37-23-10-12-25-42(37)55(35-20-8-3-9-21-35)46(39)45(43)41-28-27-40-38-24-11-13-26-44(38)57-48(40)47(41)56/h1-31H. The number of rotatable bonds is 5. The lowest BCUT2D eigenvalue weighted by molar-refractivity contribution is 0.671. The zero-order valence-corrected chi connectivity index (χ0v) is 30.5. The predicted molar refractivity (Wildman–Crippen MR) is 232 cm³/mol. The van der Waals surface area contributed by atoms with E-state index in [0.717, 1.165) is 82.8 Å². The molecule has 6 heteroatoms. The van der Waals surface area contributed by atoms with Crippen molar-refractivity contribution >= 4 is 65.6 Å². The fourth-order valence-corrected chi connectivity index (χ4v) is 8.65. The van der Waals surface area contributed by atoms with Gasteiger partial charge in [-0.1, -0.05) is 140 Å². The van der Waals surface area contributed by atoms with Crippen LogP contribution in [0.15, 0.2) is 192 Å². The van der Waals surface area contributed by atoms with Crippen molar-refractivity contribution in [1.82, 2.24) is 24.1 Å². The summed E-state index contributed by atoms with van der Waals surface area (Å²) in [5.41, 5.74) is 11.0. The molecule has 266 valence electrons. The molecule has 12 rings (SSSR count). The van der Waals surface area contributed by atoms with E-state index < -0.39 is 0 Å². The minimum absolute atomic E-state index is 0.603. The Bertz CT molecular complexity index is 3450. The molecule has 0 bridgehead atoms. The lowest BCUT2D eigenvalue weighted by Gasteiger charge is -2.12. The molecular formula is C51H31N5O. The molecule has 0 fully saturated rings. The summed E-state index contributed by atoms with van der Waals surface area (Å²) in [5.74, 6) is 1.86. The second-order valence-electron chi connectivity index (χ2n) is 14.4. The Kier molecular flexibility index (Phi) is 6.83. The zero-order chi connectivity index (χ0) is 37.5. The third-order valence-electron chi connectivity index (χ3n) is 11.1. The maximum absolute atomic E-state index is 6.83. The van der Waals surface area contributed by atoms with Crippen molar-refractivity contribution in [1.29, 1.82) is 0 Å². The van der Waals surface area contributed by atoms with Gasteiger partial charge in [0, 0.05) is 60.4 Å². The molecule has 4 heterocycles. The largest absolute Gasteiger partial charge is 0.454 e. The van der Waals surface area contributed by atoms with Gasteiger partial charge in [-0.25, -0.2) is 15.0 Å². The van der Waals surface area contributed by atoms with Gasteiger partial charge in [-0.3, -0.25) is 0 Å². The van der Waals surface area contributed by atoms with E-state index in [0.29, 0.717) is 17.5 Å². The van der Waals surface area contributed by atoms with E-state index in [1.165, 1.54) is 10.8 Å². The molecule has 6 nitrogen and oxygen atoms in total. The molecule has 0 radical (unpaired) electrons. The van der Waals surface area contributed by atoms with Gasteiger partial charge in [0.15, 0.2) is 23.1 Å². The molecule has 0 aliphatic carbocycles. The highest BCUT2D eigenvalue weighted by atomic mass is 16.3. The van der Waals surface area contributed by atoms with Crippen molar-refractivity contribution in [3.05, 3.63) is 188 Å². The fraction of sp³-hybridized carbons (Fsp3) is 0. The van der Waals surface area contributed by atoms with Gasteiger partial charge >= 0.3 is 0 Å². The van der Waals surface area contributed by atoms with Gasteiger partial charge in [0.2, 0.25) is 0 Å². The molecule has 0 saturated heterocycles. The van der Waals surface area contributed by atoms with Crippen LogP contribution in [0, 0.1) is 0 Å². The molecule has 0 aliphatic rings. The molecule has 57 heavy (non-hydrogen) atoms. The first kappa shape index (κ1) is 31.5. The highest BCUT2D eigenvalue weighted by molar-refractivity contribution is 6.29.